The van der Waals surface area contributed by atoms with Crippen LogP contribution in [0.3, 0.4) is 0 Å². The molecule has 0 saturated carbocycles. The van der Waals surface area contributed by atoms with Crippen LogP contribution >= 0.6 is 27.3 Å². The van der Waals surface area contributed by atoms with Crippen molar-refractivity contribution < 1.29 is 9.53 Å². The van der Waals surface area contributed by atoms with Crippen LogP contribution in [-0.2, 0) is 4.74 Å². The molecular weight excluding hydrogens is 388 g/mol. The van der Waals surface area contributed by atoms with Gasteiger partial charge in [0.25, 0.3) is 0 Å². The van der Waals surface area contributed by atoms with Crippen LogP contribution in [0.25, 0.3) is 10.2 Å². The van der Waals surface area contributed by atoms with Gasteiger partial charge in [-0.25, -0.2) is 9.78 Å². The smallest absolute Gasteiger partial charge is 0.410 e. The van der Waals surface area contributed by atoms with E-state index < -0.39 is 5.60 Å². The molecule has 24 heavy (non-hydrogen) atoms. The van der Waals surface area contributed by atoms with E-state index in [1.165, 1.54) is 0 Å². The number of halogens is 1. The Kier molecular flexibility index (Phi) is 4.89. The Bertz CT molecular complexity index is 753. The van der Waals surface area contributed by atoms with Gasteiger partial charge in [0.1, 0.15) is 5.60 Å². The molecule has 1 aromatic carbocycles. The van der Waals surface area contributed by atoms with Gasteiger partial charge in [0.2, 0.25) is 0 Å². The summed E-state index contributed by atoms with van der Waals surface area (Å²) in [6.07, 6.45) is 1.85. The maximum Gasteiger partial charge on any atom is 0.410 e. The number of ether oxygens (including phenoxy) is 1. The molecule has 2 aromatic rings. The van der Waals surface area contributed by atoms with E-state index in [4.69, 9.17) is 4.74 Å². The van der Waals surface area contributed by atoms with Gasteiger partial charge in [0.15, 0.2) is 3.92 Å². The summed E-state index contributed by atoms with van der Waals surface area (Å²) in [6.45, 7) is 8.65. The van der Waals surface area contributed by atoms with E-state index >= 15 is 0 Å². The molecule has 4 nitrogen and oxygen atoms in total. The fourth-order valence-corrected chi connectivity index (χ4v) is 4.53. The van der Waals surface area contributed by atoms with Gasteiger partial charge in [-0.15, -0.1) is 11.3 Å². The van der Waals surface area contributed by atoms with Crippen LogP contribution in [-0.4, -0.2) is 28.1 Å². The van der Waals surface area contributed by atoms with Crippen molar-refractivity contribution in [3.63, 3.8) is 0 Å². The van der Waals surface area contributed by atoms with Crippen LogP contribution in [0.15, 0.2) is 22.1 Å². The lowest BCUT2D eigenvalue weighted by atomic mass is 9.90. The van der Waals surface area contributed by atoms with Gasteiger partial charge >= 0.3 is 6.09 Å². The van der Waals surface area contributed by atoms with Gasteiger partial charge in [-0.3, -0.25) is 0 Å². The van der Waals surface area contributed by atoms with E-state index in [1.807, 2.05) is 25.7 Å². The molecule has 6 heteroatoms. The Labute approximate surface area is 155 Å². The number of hydrogen-bond donors (Lipinski definition) is 0. The lowest BCUT2D eigenvalue weighted by molar-refractivity contribution is 0.00365. The molecule has 0 spiro atoms. The average Bonchev–Trinajstić information content (AvgIpc) is 2.84. The van der Waals surface area contributed by atoms with E-state index in [9.17, 15) is 4.79 Å². The molecule has 2 atom stereocenters. The first-order valence-corrected chi connectivity index (χ1v) is 9.89. The molecule has 1 aliphatic heterocycles. The lowest BCUT2D eigenvalue weighted by Crippen LogP contribution is -2.44. The Morgan fingerprint density at radius 2 is 2.12 bits per heavy atom. The zero-order valence-corrected chi connectivity index (χ0v) is 16.9. The predicted octanol–water partition coefficient (Wildman–Crippen LogP) is 5.77. The fraction of sp³-hybridized carbons (Fsp3) is 0.556. The molecule has 1 amide bonds. The molecule has 0 aliphatic carbocycles. The van der Waals surface area contributed by atoms with Crippen molar-refractivity contribution in [2.45, 2.75) is 52.2 Å². The quantitative estimate of drug-likeness (QED) is 0.599. The van der Waals surface area contributed by atoms with Gasteiger partial charge in [0, 0.05) is 6.54 Å². The normalized spacial score (nSPS) is 22.0. The predicted molar refractivity (Wildman–Crippen MR) is 101 cm³/mol. The minimum atomic E-state index is -0.480. The second-order valence-corrected chi connectivity index (χ2v) is 9.83. The largest absolute Gasteiger partial charge is 0.444 e. The number of nitrogens with zero attached hydrogens (tertiary/aromatic N) is 2. The lowest BCUT2D eigenvalue weighted by Gasteiger charge is -2.39. The number of carbonyl (C=O) groups is 1. The van der Waals surface area contributed by atoms with Crippen LogP contribution in [0.1, 0.15) is 52.1 Å². The SMILES string of the molecule is C[C@H]1CC[C@H](c2ccc3sc(Br)nc3c2)N(C(=O)OC(C)(C)C)C1. The van der Waals surface area contributed by atoms with E-state index in [2.05, 4.69) is 46.0 Å². The van der Waals surface area contributed by atoms with Crippen molar-refractivity contribution in [2.75, 3.05) is 6.54 Å². The van der Waals surface area contributed by atoms with E-state index in [-0.39, 0.29) is 12.1 Å². The second kappa shape index (κ2) is 6.64. The number of piperidine rings is 1. The number of carbonyl (C=O) groups excluding carboxylic acids is 1. The van der Waals surface area contributed by atoms with E-state index in [0.717, 1.165) is 39.1 Å². The molecule has 1 fully saturated rings. The third-order valence-corrected chi connectivity index (χ3v) is 5.70. The minimum absolute atomic E-state index is 0.0564. The maximum absolute atomic E-state index is 12.7. The highest BCUT2D eigenvalue weighted by atomic mass is 79.9. The van der Waals surface area contributed by atoms with Gasteiger partial charge in [0.05, 0.1) is 16.3 Å². The number of benzene rings is 1. The summed E-state index contributed by atoms with van der Waals surface area (Å²) in [5.74, 6) is 0.492. The van der Waals surface area contributed by atoms with Gasteiger partial charge in [-0.2, -0.15) is 0 Å². The summed E-state index contributed by atoms with van der Waals surface area (Å²) in [5.41, 5.74) is 1.64. The Morgan fingerprint density at radius 3 is 2.83 bits per heavy atom. The number of thiazole rings is 1. The first-order chi connectivity index (χ1) is 11.2. The van der Waals surface area contributed by atoms with Gasteiger partial charge < -0.3 is 9.64 Å². The third kappa shape index (κ3) is 3.91. The topological polar surface area (TPSA) is 42.4 Å². The van der Waals surface area contributed by atoms with Crippen molar-refractivity contribution >= 4 is 43.6 Å². The van der Waals surface area contributed by atoms with Crippen molar-refractivity contribution in [3.05, 3.63) is 27.7 Å². The fourth-order valence-electron chi connectivity index (χ4n) is 3.15. The summed E-state index contributed by atoms with van der Waals surface area (Å²) in [7, 11) is 0. The molecule has 0 N–H and O–H groups in total. The maximum atomic E-state index is 12.7. The molecule has 3 rings (SSSR count). The number of rotatable bonds is 1. The number of amides is 1. The van der Waals surface area contributed by atoms with Crippen LogP contribution in [0.2, 0.25) is 0 Å². The molecule has 2 heterocycles. The van der Waals surface area contributed by atoms with Crippen LogP contribution in [0.4, 0.5) is 4.79 Å². The standard InChI is InChI=1S/C18H23BrN2O2S/c1-11-5-7-14(21(10-11)17(22)23-18(2,3)4)12-6-8-15-13(9-12)20-16(19)24-15/h6,8-9,11,14H,5,7,10H2,1-4H3/t11-,14+/m0/s1. The highest BCUT2D eigenvalue weighted by molar-refractivity contribution is 9.11. The molecule has 0 radical (unpaired) electrons. The first-order valence-electron chi connectivity index (χ1n) is 8.28. The van der Waals surface area contributed by atoms with Gasteiger partial charge in [-0.1, -0.05) is 13.0 Å². The van der Waals surface area contributed by atoms with E-state index in [0.29, 0.717) is 5.92 Å². The molecule has 1 aromatic heterocycles. The monoisotopic (exact) mass is 410 g/mol. The average molecular weight is 411 g/mol. The second-order valence-electron chi connectivity index (χ2n) is 7.53. The van der Waals surface area contributed by atoms with E-state index in [1.54, 1.807) is 11.3 Å². The molecule has 130 valence electrons. The Hall–Kier alpha value is -1.14. The number of fused-ring (bicyclic) bond motifs is 1. The molecule has 1 aliphatic rings. The Morgan fingerprint density at radius 1 is 1.38 bits per heavy atom. The summed E-state index contributed by atoms with van der Waals surface area (Å²) >= 11 is 5.07. The summed E-state index contributed by atoms with van der Waals surface area (Å²) < 4.78 is 7.67. The van der Waals surface area contributed by atoms with Crippen molar-refractivity contribution in [2.24, 2.45) is 5.92 Å². The number of likely N-dealkylation sites (tertiary alicyclic amines) is 1. The summed E-state index contributed by atoms with van der Waals surface area (Å²) in [5, 5.41) is 0. The zero-order chi connectivity index (χ0) is 17.5. The van der Waals surface area contributed by atoms with Gasteiger partial charge in [-0.05, 0) is 73.2 Å². The van der Waals surface area contributed by atoms with Crippen LogP contribution < -0.4 is 0 Å². The number of hydrogen-bond acceptors (Lipinski definition) is 4. The number of aromatic nitrogens is 1. The van der Waals surface area contributed by atoms with Crippen molar-refractivity contribution in [1.82, 2.24) is 9.88 Å². The van der Waals surface area contributed by atoms with Crippen LogP contribution in [0.5, 0.6) is 0 Å². The molecule has 0 bridgehead atoms. The minimum Gasteiger partial charge on any atom is -0.444 e. The summed E-state index contributed by atoms with van der Waals surface area (Å²) in [6, 6.07) is 6.37. The summed E-state index contributed by atoms with van der Waals surface area (Å²) in [4.78, 5) is 19.1. The van der Waals surface area contributed by atoms with Crippen molar-refractivity contribution in [3.8, 4) is 0 Å². The molecule has 1 saturated heterocycles. The van der Waals surface area contributed by atoms with Crippen molar-refractivity contribution in [1.29, 1.82) is 0 Å². The Balaban J connectivity index is 1.90. The first kappa shape index (κ1) is 17.7. The molecule has 0 unspecified atom stereocenters. The molecular formula is C18H23BrN2O2S. The third-order valence-electron chi connectivity index (χ3n) is 4.22. The van der Waals surface area contributed by atoms with Crippen LogP contribution in [0, 0.1) is 5.92 Å². The zero-order valence-electron chi connectivity index (χ0n) is 14.5. The highest BCUT2D eigenvalue weighted by Crippen LogP contribution is 2.36. The highest BCUT2D eigenvalue weighted by Gasteiger charge is 2.34.